The number of hydrogen-bond acceptors (Lipinski definition) is 3. The van der Waals surface area contributed by atoms with Crippen molar-refractivity contribution >= 4 is 35.0 Å². The van der Waals surface area contributed by atoms with Gasteiger partial charge in [-0.05, 0) is 18.1 Å². The summed E-state index contributed by atoms with van der Waals surface area (Å²) in [5, 5.41) is 0.279. The zero-order valence-electron chi connectivity index (χ0n) is 9.11. The summed E-state index contributed by atoms with van der Waals surface area (Å²) in [5.74, 6) is -0.337. The highest BCUT2D eigenvalue weighted by Gasteiger charge is 2.32. The number of aromatic nitrogens is 1. The molecule has 0 saturated carbocycles. The van der Waals surface area contributed by atoms with E-state index in [0.717, 1.165) is 0 Å². The number of carbonyl (C=O) groups excluding carboxylic acids is 2. The molecule has 0 radical (unpaired) electrons. The number of likely N-dealkylation sites (tertiary alicyclic amines) is 1. The van der Waals surface area contributed by atoms with Gasteiger partial charge in [-0.2, -0.15) is 0 Å². The van der Waals surface area contributed by atoms with Gasteiger partial charge >= 0.3 is 0 Å². The maximum atomic E-state index is 12.1. The summed E-state index contributed by atoms with van der Waals surface area (Å²) in [5.41, 5.74) is 0.289. The van der Waals surface area contributed by atoms with Crippen LogP contribution in [0.15, 0.2) is 12.1 Å². The van der Waals surface area contributed by atoms with Gasteiger partial charge in [-0.1, -0.05) is 30.1 Å². The van der Waals surface area contributed by atoms with Gasteiger partial charge in [-0.25, -0.2) is 4.98 Å². The van der Waals surface area contributed by atoms with E-state index in [2.05, 4.69) is 4.98 Å². The number of hydrogen-bond donors (Lipinski definition) is 0. The fourth-order valence-electron chi connectivity index (χ4n) is 1.83. The van der Waals surface area contributed by atoms with Crippen LogP contribution >= 0.6 is 23.2 Å². The Morgan fingerprint density at radius 3 is 2.47 bits per heavy atom. The van der Waals surface area contributed by atoms with Gasteiger partial charge in [0.25, 0.3) is 5.91 Å². The van der Waals surface area contributed by atoms with E-state index in [4.69, 9.17) is 23.2 Å². The molecule has 1 saturated heterocycles. The molecule has 0 aromatic carbocycles. The standard InChI is InChI=1S/C11H10Cl2N2O2/c1-6-2-10(16)15(5-6)11(17)7-3-8(12)14-9(13)4-7/h3-4,6H,2,5H2,1H3. The monoisotopic (exact) mass is 272 g/mol. The smallest absolute Gasteiger partial charge is 0.260 e. The SMILES string of the molecule is CC1CC(=O)N(C(=O)c2cc(Cl)nc(Cl)c2)C1. The fraction of sp³-hybridized carbons (Fsp3) is 0.364. The van der Waals surface area contributed by atoms with E-state index >= 15 is 0 Å². The molecule has 1 aromatic rings. The van der Waals surface area contributed by atoms with Crippen LogP contribution in [0.5, 0.6) is 0 Å². The molecule has 0 aliphatic carbocycles. The van der Waals surface area contributed by atoms with Crippen molar-refractivity contribution < 1.29 is 9.59 Å². The van der Waals surface area contributed by atoms with E-state index in [9.17, 15) is 9.59 Å². The zero-order valence-corrected chi connectivity index (χ0v) is 10.6. The van der Waals surface area contributed by atoms with Crippen LogP contribution in [-0.2, 0) is 4.79 Å². The summed E-state index contributed by atoms with van der Waals surface area (Å²) >= 11 is 11.4. The van der Waals surface area contributed by atoms with Crippen molar-refractivity contribution in [2.45, 2.75) is 13.3 Å². The first kappa shape index (κ1) is 12.3. The minimum Gasteiger partial charge on any atom is -0.278 e. The molecule has 2 rings (SSSR count). The fourth-order valence-corrected chi connectivity index (χ4v) is 2.29. The molecular weight excluding hydrogens is 263 g/mol. The molecule has 0 N–H and O–H groups in total. The zero-order chi connectivity index (χ0) is 12.6. The first-order valence-corrected chi connectivity index (χ1v) is 5.90. The molecule has 6 heteroatoms. The predicted octanol–water partition coefficient (Wildman–Crippen LogP) is 2.40. The third-order valence-corrected chi connectivity index (χ3v) is 2.96. The van der Waals surface area contributed by atoms with Gasteiger partial charge < -0.3 is 0 Å². The van der Waals surface area contributed by atoms with Crippen LogP contribution in [0.4, 0.5) is 0 Å². The Labute approximate surface area is 109 Å². The van der Waals surface area contributed by atoms with Crippen LogP contribution in [0.3, 0.4) is 0 Å². The molecular formula is C11H10Cl2N2O2. The number of pyridine rings is 1. The highest BCUT2D eigenvalue weighted by molar-refractivity contribution is 6.33. The molecule has 90 valence electrons. The molecule has 1 atom stereocenters. The van der Waals surface area contributed by atoms with Gasteiger partial charge in [0.15, 0.2) is 0 Å². The largest absolute Gasteiger partial charge is 0.278 e. The first-order valence-electron chi connectivity index (χ1n) is 5.15. The first-order chi connectivity index (χ1) is 7.97. The molecule has 2 heterocycles. The van der Waals surface area contributed by atoms with Crippen molar-refractivity contribution in [3.05, 3.63) is 28.0 Å². The Hall–Kier alpha value is -1.13. The summed E-state index contributed by atoms with van der Waals surface area (Å²) < 4.78 is 0. The second-order valence-electron chi connectivity index (χ2n) is 4.12. The van der Waals surface area contributed by atoms with Crippen LogP contribution in [0, 0.1) is 5.92 Å². The van der Waals surface area contributed by atoms with Gasteiger partial charge in [-0.15, -0.1) is 0 Å². The van der Waals surface area contributed by atoms with E-state index in [0.29, 0.717) is 13.0 Å². The van der Waals surface area contributed by atoms with Crippen molar-refractivity contribution in [1.82, 2.24) is 9.88 Å². The minimum absolute atomic E-state index is 0.139. The highest BCUT2D eigenvalue weighted by Crippen LogP contribution is 2.21. The molecule has 1 aromatic heterocycles. The van der Waals surface area contributed by atoms with Crippen molar-refractivity contribution in [2.75, 3.05) is 6.54 Å². The summed E-state index contributed by atoms with van der Waals surface area (Å²) in [6.07, 6.45) is 0.401. The molecule has 4 nitrogen and oxygen atoms in total. The normalized spacial score (nSPS) is 19.8. The molecule has 17 heavy (non-hydrogen) atoms. The second kappa shape index (κ2) is 4.63. The van der Waals surface area contributed by atoms with Crippen LogP contribution < -0.4 is 0 Å². The third-order valence-electron chi connectivity index (χ3n) is 2.57. The van der Waals surface area contributed by atoms with Crippen LogP contribution in [0.25, 0.3) is 0 Å². The number of carbonyl (C=O) groups is 2. The van der Waals surface area contributed by atoms with Crippen LogP contribution in [-0.4, -0.2) is 28.2 Å². The van der Waals surface area contributed by atoms with E-state index in [1.165, 1.54) is 17.0 Å². The molecule has 0 spiro atoms. The lowest BCUT2D eigenvalue weighted by molar-refractivity contribution is -0.125. The minimum atomic E-state index is -0.370. The Balaban J connectivity index is 2.28. The van der Waals surface area contributed by atoms with Crippen molar-refractivity contribution in [3.63, 3.8) is 0 Å². The Morgan fingerprint density at radius 1 is 1.41 bits per heavy atom. The lowest BCUT2D eigenvalue weighted by Crippen LogP contribution is -2.32. The molecule has 2 amide bonds. The number of imide groups is 1. The van der Waals surface area contributed by atoms with Gasteiger partial charge in [0.2, 0.25) is 5.91 Å². The van der Waals surface area contributed by atoms with Crippen LogP contribution in [0.2, 0.25) is 10.3 Å². The Bertz CT molecular complexity index is 470. The van der Waals surface area contributed by atoms with Crippen LogP contribution in [0.1, 0.15) is 23.7 Å². The van der Waals surface area contributed by atoms with Gasteiger partial charge in [-0.3, -0.25) is 14.5 Å². The predicted molar refractivity (Wildman–Crippen MR) is 64.1 cm³/mol. The van der Waals surface area contributed by atoms with E-state index < -0.39 is 0 Å². The highest BCUT2D eigenvalue weighted by atomic mass is 35.5. The Kier molecular flexibility index (Phi) is 3.35. The number of rotatable bonds is 1. The second-order valence-corrected chi connectivity index (χ2v) is 4.89. The number of amides is 2. The van der Waals surface area contributed by atoms with Gasteiger partial charge in [0.1, 0.15) is 10.3 Å². The molecule has 1 fully saturated rings. The number of halogens is 2. The van der Waals surface area contributed by atoms with Gasteiger partial charge in [0, 0.05) is 18.5 Å². The van der Waals surface area contributed by atoms with E-state index in [-0.39, 0.29) is 33.6 Å². The molecule has 1 unspecified atom stereocenters. The quantitative estimate of drug-likeness (QED) is 0.583. The van der Waals surface area contributed by atoms with Crippen molar-refractivity contribution in [2.24, 2.45) is 5.92 Å². The average Bonchev–Trinajstić information content (AvgIpc) is 2.55. The average molecular weight is 273 g/mol. The maximum Gasteiger partial charge on any atom is 0.260 e. The Morgan fingerprint density at radius 2 is 2.00 bits per heavy atom. The maximum absolute atomic E-state index is 12.1. The number of nitrogens with zero attached hydrogens (tertiary/aromatic N) is 2. The lowest BCUT2D eigenvalue weighted by atomic mass is 10.2. The summed E-state index contributed by atoms with van der Waals surface area (Å²) in [6, 6.07) is 2.82. The molecule has 1 aliphatic rings. The summed E-state index contributed by atoms with van der Waals surface area (Å²) in [7, 11) is 0. The van der Waals surface area contributed by atoms with Gasteiger partial charge in [0.05, 0.1) is 0 Å². The van der Waals surface area contributed by atoms with Crippen molar-refractivity contribution in [3.8, 4) is 0 Å². The summed E-state index contributed by atoms with van der Waals surface area (Å²) in [4.78, 5) is 28.6. The van der Waals surface area contributed by atoms with Crippen molar-refractivity contribution in [1.29, 1.82) is 0 Å². The molecule has 0 bridgehead atoms. The van der Waals surface area contributed by atoms with E-state index in [1.54, 1.807) is 0 Å². The lowest BCUT2D eigenvalue weighted by Gasteiger charge is -2.14. The van der Waals surface area contributed by atoms with E-state index in [1.807, 2.05) is 6.92 Å². The topological polar surface area (TPSA) is 50.3 Å². The third kappa shape index (κ3) is 2.58. The summed E-state index contributed by atoms with van der Waals surface area (Å²) in [6.45, 7) is 2.37. The molecule has 1 aliphatic heterocycles.